The van der Waals surface area contributed by atoms with Crippen LogP contribution in [0.5, 0.6) is 0 Å². The van der Waals surface area contributed by atoms with Gasteiger partial charge in [0.05, 0.1) is 0 Å². The summed E-state index contributed by atoms with van der Waals surface area (Å²) in [5.41, 5.74) is 6.27. The van der Waals surface area contributed by atoms with Crippen molar-refractivity contribution in [3.8, 4) is 0 Å². The topological polar surface area (TPSA) is 26.0 Å². The highest BCUT2D eigenvalue weighted by molar-refractivity contribution is 7.98. The second-order valence-electron chi connectivity index (χ2n) is 3.71. The maximum absolute atomic E-state index is 13.5. The van der Waals surface area contributed by atoms with Crippen molar-refractivity contribution in [2.24, 2.45) is 0 Å². The molecule has 0 spiro atoms. The SMILES string of the molecule is Nc1ccc(SCc2cc(Cl)ccc2F)c(F)c1. The number of nitrogen functional groups attached to an aromatic ring is 1. The summed E-state index contributed by atoms with van der Waals surface area (Å²) in [5.74, 6) is -0.432. The van der Waals surface area contributed by atoms with Gasteiger partial charge in [0.1, 0.15) is 11.6 Å². The first kappa shape index (κ1) is 13.2. The monoisotopic (exact) mass is 285 g/mol. The van der Waals surface area contributed by atoms with E-state index in [0.717, 1.165) is 0 Å². The summed E-state index contributed by atoms with van der Waals surface area (Å²) in [6.07, 6.45) is 0. The number of thioether (sulfide) groups is 1. The second-order valence-corrected chi connectivity index (χ2v) is 5.17. The highest BCUT2D eigenvalue weighted by atomic mass is 35.5. The summed E-state index contributed by atoms with van der Waals surface area (Å²) < 4.78 is 27.0. The Labute approximate surface area is 113 Å². The minimum Gasteiger partial charge on any atom is -0.399 e. The average Bonchev–Trinajstić information content (AvgIpc) is 2.32. The molecular weight excluding hydrogens is 276 g/mol. The smallest absolute Gasteiger partial charge is 0.138 e. The Morgan fingerprint density at radius 2 is 1.83 bits per heavy atom. The van der Waals surface area contributed by atoms with Gasteiger partial charge in [-0.2, -0.15) is 0 Å². The zero-order chi connectivity index (χ0) is 13.1. The van der Waals surface area contributed by atoms with Crippen molar-refractivity contribution in [3.05, 3.63) is 58.6 Å². The van der Waals surface area contributed by atoms with Crippen LogP contribution < -0.4 is 5.73 Å². The zero-order valence-electron chi connectivity index (χ0n) is 9.29. The van der Waals surface area contributed by atoms with E-state index in [1.807, 2.05) is 0 Å². The molecule has 94 valence electrons. The van der Waals surface area contributed by atoms with Crippen molar-refractivity contribution in [2.75, 3.05) is 5.73 Å². The van der Waals surface area contributed by atoms with Gasteiger partial charge in [0.15, 0.2) is 0 Å². The molecule has 0 unspecified atom stereocenters. The third-order valence-corrected chi connectivity index (χ3v) is 3.68. The van der Waals surface area contributed by atoms with Crippen LogP contribution in [0.3, 0.4) is 0 Å². The van der Waals surface area contributed by atoms with Crippen molar-refractivity contribution in [1.82, 2.24) is 0 Å². The molecule has 5 heteroatoms. The molecule has 2 aromatic rings. The van der Waals surface area contributed by atoms with Crippen LogP contribution >= 0.6 is 23.4 Å². The zero-order valence-corrected chi connectivity index (χ0v) is 10.9. The summed E-state index contributed by atoms with van der Waals surface area (Å²) in [4.78, 5) is 0.434. The van der Waals surface area contributed by atoms with Gasteiger partial charge in [-0.05, 0) is 42.0 Å². The molecule has 0 aliphatic carbocycles. The first-order valence-electron chi connectivity index (χ1n) is 5.18. The summed E-state index contributed by atoms with van der Waals surface area (Å²) in [5, 5.41) is 0.463. The molecule has 0 aliphatic heterocycles. The van der Waals surface area contributed by atoms with Crippen LogP contribution in [0.2, 0.25) is 5.02 Å². The molecule has 0 aromatic heterocycles. The van der Waals surface area contributed by atoms with Gasteiger partial charge in [-0.3, -0.25) is 0 Å². The minimum absolute atomic E-state index is 0.313. The number of hydrogen-bond acceptors (Lipinski definition) is 2. The van der Waals surface area contributed by atoms with Gasteiger partial charge in [0.2, 0.25) is 0 Å². The predicted octanol–water partition coefficient (Wildman–Crippen LogP) is 4.49. The Morgan fingerprint density at radius 3 is 2.56 bits per heavy atom. The number of hydrogen-bond donors (Lipinski definition) is 1. The molecule has 2 rings (SSSR count). The fraction of sp³-hybridized carbons (Fsp3) is 0.0769. The quantitative estimate of drug-likeness (QED) is 0.664. The molecule has 2 N–H and O–H groups in total. The molecule has 0 saturated carbocycles. The van der Waals surface area contributed by atoms with Crippen LogP contribution in [0.15, 0.2) is 41.3 Å². The lowest BCUT2D eigenvalue weighted by Gasteiger charge is -2.05. The lowest BCUT2D eigenvalue weighted by Crippen LogP contribution is -1.90. The highest BCUT2D eigenvalue weighted by Gasteiger charge is 2.07. The van der Waals surface area contributed by atoms with E-state index in [4.69, 9.17) is 17.3 Å². The van der Waals surface area contributed by atoms with E-state index < -0.39 is 5.82 Å². The molecule has 0 bridgehead atoms. The Hall–Kier alpha value is -1.26. The largest absolute Gasteiger partial charge is 0.399 e. The molecule has 0 saturated heterocycles. The maximum Gasteiger partial charge on any atom is 0.138 e. The van der Waals surface area contributed by atoms with Gasteiger partial charge >= 0.3 is 0 Å². The fourth-order valence-electron chi connectivity index (χ4n) is 1.44. The van der Waals surface area contributed by atoms with Crippen molar-refractivity contribution in [3.63, 3.8) is 0 Å². The minimum atomic E-state index is -0.401. The molecule has 0 heterocycles. The molecule has 1 nitrogen and oxygen atoms in total. The molecule has 0 atom stereocenters. The summed E-state index contributed by atoms with van der Waals surface area (Å²) >= 11 is 6.99. The maximum atomic E-state index is 13.5. The Morgan fingerprint density at radius 1 is 1.06 bits per heavy atom. The van der Waals surface area contributed by atoms with Crippen molar-refractivity contribution in [1.29, 1.82) is 0 Å². The van der Waals surface area contributed by atoms with Gasteiger partial charge in [-0.25, -0.2) is 8.78 Å². The van der Waals surface area contributed by atoms with Crippen LogP contribution in [-0.2, 0) is 5.75 Å². The number of halogens is 3. The Balaban J connectivity index is 2.13. The molecule has 0 aliphatic rings. The number of benzene rings is 2. The van der Waals surface area contributed by atoms with Crippen LogP contribution in [0.1, 0.15) is 5.56 Å². The molecule has 2 aromatic carbocycles. The highest BCUT2D eigenvalue weighted by Crippen LogP contribution is 2.28. The first-order chi connectivity index (χ1) is 8.56. The fourth-order valence-corrected chi connectivity index (χ4v) is 2.53. The van der Waals surface area contributed by atoms with Crippen LogP contribution in [0.25, 0.3) is 0 Å². The van der Waals surface area contributed by atoms with Crippen molar-refractivity contribution >= 4 is 29.1 Å². The van der Waals surface area contributed by atoms with Crippen molar-refractivity contribution in [2.45, 2.75) is 10.6 Å². The molecule has 0 radical (unpaired) electrons. The van der Waals surface area contributed by atoms with Crippen LogP contribution in [0.4, 0.5) is 14.5 Å². The van der Waals surface area contributed by atoms with Crippen molar-refractivity contribution < 1.29 is 8.78 Å². The predicted molar refractivity (Wildman–Crippen MR) is 71.8 cm³/mol. The standard InChI is InChI=1S/C13H10ClF2NS/c14-9-1-3-11(15)8(5-9)7-18-13-4-2-10(17)6-12(13)16/h1-6H,7,17H2. The van der Waals surface area contributed by atoms with E-state index in [9.17, 15) is 8.78 Å². The Kier molecular flexibility index (Phi) is 4.09. The van der Waals surface area contributed by atoms with Crippen LogP contribution in [-0.4, -0.2) is 0 Å². The average molecular weight is 286 g/mol. The van der Waals surface area contributed by atoms with E-state index >= 15 is 0 Å². The number of nitrogens with two attached hydrogens (primary N) is 1. The van der Waals surface area contributed by atoms with E-state index in [1.54, 1.807) is 18.2 Å². The first-order valence-corrected chi connectivity index (χ1v) is 6.54. The molecule has 18 heavy (non-hydrogen) atoms. The van der Waals surface area contributed by atoms with Gasteiger partial charge in [-0.1, -0.05) is 11.6 Å². The number of rotatable bonds is 3. The lowest BCUT2D eigenvalue weighted by molar-refractivity contribution is 0.602. The normalized spacial score (nSPS) is 10.6. The van der Waals surface area contributed by atoms with E-state index in [2.05, 4.69) is 0 Å². The van der Waals surface area contributed by atoms with E-state index in [0.29, 0.717) is 26.9 Å². The van der Waals surface area contributed by atoms with Gasteiger partial charge < -0.3 is 5.73 Å². The molecule has 0 amide bonds. The summed E-state index contributed by atoms with van der Waals surface area (Å²) in [6, 6.07) is 8.76. The molecule has 0 fully saturated rings. The van der Waals surface area contributed by atoms with E-state index in [1.165, 1.54) is 30.0 Å². The Bertz CT molecular complexity index is 575. The third kappa shape index (κ3) is 3.15. The number of anilines is 1. The van der Waals surface area contributed by atoms with Gasteiger partial charge in [-0.15, -0.1) is 11.8 Å². The van der Waals surface area contributed by atoms with Gasteiger partial charge in [0, 0.05) is 21.4 Å². The van der Waals surface area contributed by atoms with Crippen LogP contribution in [0, 0.1) is 11.6 Å². The lowest BCUT2D eigenvalue weighted by atomic mass is 10.2. The summed E-state index contributed by atoms with van der Waals surface area (Å²) in [6.45, 7) is 0. The van der Waals surface area contributed by atoms with E-state index in [-0.39, 0.29) is 5.82 Å². The van der Waals surface area contributed by atoms with Gasteiger partial charge in [0.25, 0.3) is 0 Å². The summed E-state index contributed by atoms with van der Waals surface area (Å²) in [7, 11) is 0. The third-order valence-electron chi connectivity index (χ3n) is 2.35. The molecular formula is C13H10ClF2NS. The second kappa shape index (κ2) is 5.59.